The molecule has 106 valence electrons. The van der Waals surface area contributed by atoms with Crippen molar-refractivity contribution in [1.29, 1.82) is 0 Å². The number of hydrogen-bond acceptors (Lipinski definition) is 2. The van der Waals surface area contributed by atoms with Crippen molar-refractivity contribution in [3.05, 3.63) is 0 Å². The molecule has 0 unspecified atom stereocenters. The molecule has 3 aliphatic carbocycles. The zero-order valence-electron chi connectivity index (χ0n) is 11.2. The first-order valence-corrected chi connectivity index (χ1v) is 7.37. The van der Waals surface area contributed by atoms with Gasteiger partial charge in [-0.15, -0.1) is 0 Å². The Morgan fingerprint density at radius 3 is 2.37 bits per heavy atom. The lowest BCUT2D eigenvalue weighted by atomic mass is 10.0. The molecule has 2 N–H and O–H groups in total. The maximum Gasteiger partial charge on any atom is 0.317 e. The maximum atomic E-state index is 12.2. The van der Waals surface area contributed by atoms with E-state index >= 15 is 0 Å². The third kappa shape index (κ3) is 3.01. The Labute approximate surface area is 113 Å². The van der Waals surface area contributed by atoms with Crippen molar-refractivity contribution in [3.63, 3.8) is 0 Å². The Bertz CT molecular complexity index is 384. The number of rotatable bonds is 7. The number of urea groups is 1. The predicted octanol–water partition coefficient (Wildman–Crippen LogP) is 1.83. The lowest BCUT2D eigenvalue weighted by Gasteiger charge is -2.24. The van der Waals surface area contributed by atoms with Gasteiger partial charge < -0.3 is 15.3 Å². The van der Waals surface area contributed by atoms with Crippen LogP contribution in [0.25, 0.3) is 0 Å². The average Bonchev–Trinajstić information content (AvgIpc) is 3.23. The van der Waals surface area contributed by atoms with Gasteiger partial charge in [0.15, 0.2) is 0 Å². The van der Waals surface area contributed by atoms with Crippen LogP contribution in [0.3, 0.4) is 0 Å². The molecule has 0 aromatic rings. The van der Waals surface area contributed by atoms with E-state index in [1.807, 2.05) is 0 Å². The highest BCUT2D eigenvalue weighted by molar-refractivity contribution is 5.76. The Kier molecular flexibility index (Phi) is 3.15. The number of carbonyl (C=O) groups excluding carboxylic acids is 1. The van der Waals surface area contributed by atoms with Crippen LogP contribution in [0.2, 0.25) is 0 Å². The van der Waals surface area contributed by atoms with Crippen molar-refractivity contribution in [3.8, 4) is 0 Å². The Morgan fingerprint density at radius 2 is 1.89 bits per heavy atom. The molecule has 3 fully saturated rings. The molecular formula is C14H22N2O3. The van der Waals surface area contributed by atoms with Crippen molar-refractivity contribution in [2.45, 2.75) is 51.0 Å². The van der Waals surface area contributed by atoms with Gasteiger partial charge in [0.1, 0.15) is 0 Å². The number of amides is 2. The van der Waals surface area contributed by atoms with Gasteiger partial charge >= 0.3 is 12.0 Å². The van der Waals surface area contributed by atoms with Crippen molar-refractivity contribution in [2.75, 3.05) is 13.1 Å². The molecule has 5 nitrogen and oxygen atoms in total. The van der Waals surface area contributed by atoms with Crippen LogP contribution in [-0.4, -0.2) is 41.1 Å². The molecule has 0 saturated heterocycles. The number of nitrogens with one attached hydrogen (secondary N) is 1. The van der Waals surface area contributed by atoms with Gasteiger partial charge in [0, 0.05) is 19.1 Å². The number of nitrogens with zero attached hydrogens (tertiary/aromatic N) is 1. The molecule has 3 aliphatic rings. The Balaban J connectivity index is 1.47. The third-order valence-corrected chi connectivity index (χ3v) is 4.74. The third-order valence-electron chi connectivity index (χ3n) is 4.74. The van der Waals surface area contributed by atoms with Crippen LogP contribution in [-0.2, 0) is 4.79 Å². The van der Waals surface area contributed by atoms with Gasteiger partial charge in [0.05, 0.1) is 6.42 Å². The highest BCUT2D eigenvalue weighted by Gasteiger charge is 2.53. The van der Waals surface area contributed by atoms with E-state index in [0.29, 0.717) is 12.0 Å². The monoisotopic (exact) mass is 266 g/mol. The molecule has 2 amide bonds. The molecule has 19 heavy (non-hydrogen) atoms. The number of aliphatic carboxylic acids is 1. The Morgan fingerprint density at radius 1 is 1.21 bits per heavy atom. The highest BCUT2D eigenvalue weighted by atomic mass is 16.4. The minimum absolute atomic E-state index is 0.0394. The van der Waals surface area contributed by atoms with Crippen molar-refractivity contribution < 1.29 is 14.7 Å². The highest BCUT2D eigenvalue weighted by Crippen LogP contribution is 2.60. The average molecular weight is 266 g/mol. The van der Waals surface area contributed by atoms with Crippen LogP contribution >= 0.6 is 0 Å². The van der Waals surface area contributed by atoms with Crippen LogP contribution in [0.1, 0.15) is 44.9 Å². The second-order valence-electron chi connectivity index (χ2n) is 6.36. The minimum Gasteiger partial charge on any atom is -0.481 e. The largest absolute Gasteiger partial charge is 0.481 e. The summed E-state index contributed by atoms with van der Waals surface area (Å²) < 4.78 is 0. The normalized spacial score (nSPS) is 23.8. The van der Waals surface area contributed by atoms with Gasteiger partial charge in [-0.3, -0.25) is 4.79 Å². The van der Waals surface area contributed by atoms with Crippen LogP contribution < -0.4 is 5.32 Å². The first-order valence-electron chi connectivity index (χ1n) is 7.37. The van der Waals surface area contributed by atoms with E-state index in [2.05, 4.69) is 5.32 Å². The van der Waals surface area contributed by atoms with Gasteiger partial charge in [-0.2, -0.15) is 0 Å². The summed E-state index contributed by atoms with van der Waals surface area (Å²) in [6.07, 6.45) is 7.20. The summed E-state index contributed by atoms with van der Waals surface area (Å²) in [5.74, 6) is -0.00344. The SMILES string of the molecule is O=C(O)CCN(C(=O)NCC1(C2CC2)CC1)C1CC1. The lowest BCUT2D eigenvalue weighted by Crippen LogP contribution is -2.44. The van der Waals surface area contributed by atoms with Crippen LogP contribution in [0.4, 0.5) is 4.79 Å². The second kappa shape index (κ2) is 4.69. The van der Waals surface area contributed by atoms with E-state index in [9.17, 15) is 9.59 Å². The smallest absolute Gasteiger partial charge is 0.317 e. The number of hydrogen-bond donors (Lipinski definition) is 2. The molecular weight excluding hydrogens is 244 g/mol. The number of carbonyl (C=O) groups is 2. The van der Waals surface area contributed by atoms with Gasteiger partial charge in [-0.05, 0) is 49.9 Å². The summed E-state index contributed by atoms with van der Waals surface area (Å²) in [4.78, 5) is 24.5. The zero-order valence-corrected chi connectivity index (χ0v) is 11.2. The lowest BCUT2D eigenvalue weighted by molar-refractivity contribution is -0.137. The Hall–Kier alpha value is -1.26. The first-order chi connectivity index (χ1) is 9.11. The summed E-state index contributed by atoms with van der Waals surface area (Å²) in [6.45, 7) is 1.12. The quantitative estimate of drug-likeness (QED) is 0.738. The topological polar surface area (TPSA) is 69.6 Å². The van der Waals surface area contributed by atoms with E-state index in [0.717, 1.165) is 25.3 Å². The molecule has 0 spiro atoms. The molecule has 0 heterocycles. The van der Waals surface area contributed by atoms with Crippen molar-refractivity contribution in [2.24, 2.45) is 11.3 Å². The molecule has 0 bridgehead atoms. The fourth-order valence-electron chi connectivity index (χ4n) is 2.99. The van der Waals surface area contributed by atoms with E-state index in [1.165, 1.54) is 25.7 Å². The van der Waals surface area contributed by atoms with Gasteiger partial charge in [-0.25, -0.2) is 4.79 Å². The van der Waals surface area contributed by atoms with Gasteiger partial charge in [0.25, 0.3) is 0 Å². The molecule has 0 aliphatic heterocycles. The molecule has 3 rings (SSSR count). The van der Waals surface area contributed by atoms with Crippen molar-refractivity contribution in [1.82, 2.24) is 10.2 Å². The summed E-state index contributed by atoms with van der Waals surface area (Å²) in [5, 5.41) is 11.8. The van der Waals surface area contributed by atoms with Crippen molar-refractivity contribution >= 4 is 12.0 Å². The van der Waals surface area contributed by atoms with Crippen LogP contribution in [0, 0.1) is 11.3 Å². The minimum atomic E-state index is -0.838. The zero-order chi connectivity index (χ0) is 13.5. The standard InChI is InChI=1S/C14H22N2O3/c17-12(18)5-8-16(11-3-4-11)13(19)15-9-14(6-7-14)10-1-2-10/h10-11H,1-9H2,(H,15,19)(H,17,18). The molecule has 0 aromatic heterocycles. The molecule has 0 radical (unpaired) electrons. The molecule has 5 heteroatoms. The van der Waals surface area contributed by atoms with E-state index in [-0.39, 0.29) is 18.5 Å². The summed E-state index contributed by atoms with van der Waals surface area (Å²) in [5.41, 5.74) is 0.400. The molecule has 3 saturated carbocycles. The van der Waals surface area contributed by atoms with E-state index in [4.69, 9.17) is 5.11 Å². The summed E-state index contributed by atoms with van der Waals surface area (Å²) >= 11 is 0. The van der Waals surface area contributed by atoms with Crippen LogP contribution in [0.5, 0.6) is 0 Å². The van der Waals surface area contributed by atoms with Gasteiger partial charge in [-0.1, -0.05) is 0 Å². The van der Waals surface area contributed by atoms with Crippen LogP contribution in [0.15, 0.2) is 0 Å². The molecule has 0 atom stereocenters. The summed E-state index contributed by atoms with van der Waals surface area (Å²) in [7, 11) is 0. The maximum absolute atomic E-state index is 12.2. The number of carboxylic acids is 1. The molecule has 0 aromatic carbocycles. The fraction of sp³-hybridized carbons (Fsp3) is 0.857. The fourth-order valence-corrected chi connectivity index (χ4v) is 2.99. The first kappa shape index (κ1) is 12.8. The van der Waals surface area contributed by atoms with E-state index < -0.39 is 5.97 Å². The van der Waals surface area contributed by atoms with E-state index in [1.54, 1.807) is 4.90 Å². The van der Waals surface area contributed by atoms with Gasteiger partial charge in [0.2, 0.25) is 0 Å². The predicted molar refractivity (Wildman–Crippen MR) is 69.8 cm³/mol. The number of carboxylic acid groups (broad SMARTS) is 1. The summed E-state index contributed by atoms with van der Waals surface area (Å²) in [6, 6.07) is 0.214. The second-order valence-corrected chi connectivity index (χ2v) is 6.36.